The monoisotopic (exact) mass is 133 g/mol. The van der Waals surface area contributed by atoms with E-state index in [-0.39, 0.29) is 5.25 Å². The molecule has 0 saturated carbocycles. The van der Waals surface area contributed by atoms with Crippen LogP contribution in [0.3, 0.4) is 0 Å². The molecule has 1 unspecified atom stereocenters. The maximum absolute atomic E-state index is 9.99. The molecule has 0 spiro atoms. The van der Waals surface area contributed by atoms with E-state index in [2.05, 4.69) is 0 Å². The Balaban J connectivity index is 3.38. The van der Waals surface area contributed by atoms with Crippen molar-refractivity contribution >= 4 is 23.3 Å². The summed E-state index contributed by atoms with van der Waals surface area (Å²) in [6.07, 6.45) is 0.676. The molecule has 0 aliphatic rings. The number of hydrogen-bond acceptors (Lipinski definition) is 3. The van der Waals surface area contributed by atoms with Crippen LogP contribution in [-0.4, -0.2) is 16.8 Å². The van der Waals surface area contributed by atoms with E-state index in [4.69, 9.17) is 5.73 Å². The van der Waals surface area contributed by atoms with Crippen LogP contribution < -0.4 is 5.73 Å². The van der Waals surface area contributed by atoms with E-state index in [0.717, 1.165) is 11.8 Å². The van der Waals surface area contributed by atoms with Crippen molar-refractivity contribution in [1.82, 2.24) is 0 Å². The maximum Gasteiger partial charge on any atom is 0.277 e. The summed E-state index contributed by atoms with van der Waals surface area (Å²) >= 11 is 0.825. The summed E-state index contributed by atoms with van der Waals surface area (Å²) in [4.78, 5) is 19.8. The molecule has 0 fully saturated rings. The Morgan fingerprint density at radius 1 is 1.88 bits per heavy atom. The third-order valence-corrected chi connectivity index (χ3v) is 1.21. The predicted molar refractivity (Wildman–Crippen MR) is 32.7 cm³/mol. The number of carbonyl (C=O) groups is 2. The molecule has 1 atom stereocenters. The average molecular weight is 133 g/mol. The average Bonchev–Trinajstić information content (AvgIpc) is 1.65. The van der Waals surface area contributed by atoms with Crippen LogP contribution in [0.25, 0.3) is 0 Å². The summed E-state index contributed by atoms with van der Waals surface area (Å²) in [5.74, 6) is 0. The number of rotatable bonds is 2. The second kappa shape index (κ2) is 3.49. The fourth-order valence-corrected chi connectivity index (χ4v) is 0.633. The van der Waals surface area contributed by atoms with E-state index in [1.807, 2.05) is 0 Å². The van der Waals surface area contributed by atoms with Crippen molar-refractivity contribution in [1.29, 1.82) is 0 Å². The quantitative estimate of drug-likeness (QED) is 0.554. The third-order valence-electron chi connectivity index (χ3n) is 0.494. The minimum atomic E-state index is -0.510. The van der Waals surface area contributed by atoms with Gasteiger partial charge in [0, 0.05) is 0 Å². The van der Waals surface area contributed by atoms with E-state index in [1.165, 1.54) is 0 Å². The van der Waals surface area contributed by atoms with Gasteiger partial charge in [0.15, 0.2) is 0 Å². The lowest BCUT2D eigenvalue weighted by Gasteiger charge is -1.94. The molecule has 0 bridgehead atoms. The highest BCUT2D eigenvalue weighted by Gasteiger charge is 2.02. The summed E-state index contributed by atoms with van der Waals surface area (Å²) in [6.45, 7) is 1.61. The highest BCUT2D eigenvalue weighted by molar-refractivity contribution is 8.14. The van der Waals surface area contributed by atoms with Crippen LogP contribution in [0.2, 0.25) is 0 Å². The van der Waals surface area contributed by atoms with Gasteiger partial charge in [-0.1, -0.05) is 11.8 Å². The zero-order chi connectivity index (χ0) is 6.57. The zero-order valence-electron chi connectivity index (χ0n) is 4.46. The number of primary amides is 1. The van der Waals surface area contributed by atoms with E-state index in [1.54, 1.807) is 6.92 Å². The molecular weight excluding hydrogens is 126 g/mol. The molecule has 0 aromatic rings. The van der Waals surface area contributed by atoms with Gasteiger partial charge in [-0.15, -0.1) is 0 Å². The molecule has 3 nitrogen and oxygen atoms in total. The Morgan fingerprint density at radius 2 is 2.38 bits per heavy atom. The molecule has 0 aromatic carbocycles. The van der Waals surface area contributed by atoms with Crippen molar-refractivity contribution in [2.45, 2.75) is 12.2 Å². The van der Waals surface area contributed by atoms with Gasteiger partial charge in [-0.25, -0.2) is 0 Å². The maximum atomic E-state index is 9.99. The fourth-order valence-electron chi connectivity index (χ4n) is 0.211. The van der Waals surface area contributed by atoms with Crippen LogP contribution >= 0.6 is 11.8 Å². The van der Waals surface area contributed by atoms with Crippen molar-refractivity contribution in [3.63, 3.8) is 0 Å². The Hall–Kier alpha value is -0.510. The number of thioether (sulfide) groups is 1. The van der Waals surface area contributed by atoms with E-state index < -0.39 is 5.24 Å². The highest BCUT2D eigenvalue weighted by Crippen LogP contribution is 2.05. The van der Waals surface area contributed by atoms with E-state index in [9.17, 15) is 9.59 Å². The second-order valence-corrected chi connectivity index (χ2v) is 2.66. The summed E-state index contributed by atoms with van der Waals surface area (Å²) in [5.41, 5.74) is 4.73. The lowest BCUT2D eigenvalue weighted by molar-refractivity contribution is -0.107. The summed E-state index contributed by atoms with van der Waals surface area (Å²) in [6, 6.07) is 0. The van der Waals surface area contributed by atoms with Crippen LogP contribution in [0.1, 0.15) is 6.92 Å². The molecule has 0 radical (unpaired) electrons. The third kappa shape index (κ3) is 3.67. The summed E-state index contributed by atoms with van der Waals surface area (Å²) in [7, 11) is 0. The normalized spacial score (nSPS) is 12.6. The first-order valence-electron chi connectivity index (χ1n) is 2.08. The van der Waals surface area contributed by atoms with Gasteiger partial charge in [-0.3, -0.25) is 4.79 Å². The van der Waals surface area contributed by atoms with Gasteiger partial charge >= 0.3 is 0 Å². The van der Waals surface area contributed by atoms with Gasteiger partial charge in [-0.2, -0.15) is 0 Å². The molecule has 0 aromatic heterocycles. The number of aldehydes is 1. The molecule has 0 aliphatic heterocycles. The van der Waals surface area contributed by atoms with E-state index >= 15 is 0 Å². The van der Waals surface area contributed by atoms with Crippen LogP contribution in [-0.2, 0) is 4.79 Å². The molecule has 4 heteroatoms. The van der Waals surface area contributed by atoms with Gasteiger partial charge in [-0.05, 0) is 6.92 Å². The first-order valence-corrected chi connectivity index (χ1v) is 2.96. The van der Waals surface area contributed by atoms with Crippen molar-refractivity contribution in [3.8, 4) is 0 Å². The largest absolute Gasteiger partial charge is 0.360 e. The topological polar surface area (TPSA) is 60.2 Å². The number of amides is 1. The smallest absolute Gasteiger partial charge is 0.277 e. The first-order chi connectivity index (χ1) is 3.66. The van der Waals surface area contributed by atoms with Crippen LogP contribution in [0.5, 0.6) is 0 Å². The van der Waals surface area contributed by atoms with Crippen LogP contribution in [0.4, 0.5) is 4.79 Å². The number of carbonyl (C=O) groups excluding carboxylic acids is 2. The molecule has 0 saturated heterocycles. The molecule has 2 N–H and O–H groups in total. The minimum Gasteiger partial charge on any atom is -0.360 e. The molecular formula is C4H7NO2S. The van der Waals surface area contributed by atoms with Gasteiger partial charge in [0.2, 0.25) is 0 Å². The van der Waals surface area contributed by atoms with Gasteiger partial charge in [0.25, 0.3) is 5.24 Å². The number of nitrogens with two attached hydrogens (primary N) is 1. The summed E-state index contributed by atoms with van der Waals surface area (Å²) < 4.78 is 0. The second-order valence-electron chi connectivity index (χ2n) is 1.28. The molecule has 0 aliphatic carbocycles. The minimum absolute atomic E-state index is 0.313. The zero-order valence-corrected chi connectivity index (χ0v) is 5.27. The Bertz CT molecular complexity index is 104. The summed E-state index contributed by atoms with van der Waals surface area (Å²) in [5, 5.41) is -0.822. The molecule has 0 rings (SSSR count). The van der Waals surface area contributed by atoms with E-state index in [0.29, 0.717) is 6.29 Å². The van der Waals surface area contributed by atoms with Crippen molar-refractivity contribution < 1.29 is 9.59 Å². The SMILES string of the molecule is CC(C=O)SC(N)=O. The lowest BCUT2D eigenvalue weighted by atomic mass is 10.5. The first kappa shape index (κ1) is 7.49. The highest BCUT2D eigenvalue weighted by atomic mass is 32.2. The Labute approximate surface area is 51.6 Å². The molecule has 8 heavy (non-hydrogen) atoms. The number of hydrogen-bond donors (Lipinski definition) is 1. The Morgan fingerprint density at radius 3 is 2.50 bits per heavy atom. The molecule has 0 heterocycles. The standard InChI is InChI=1S/C4H7NO2S/c1-3(2-6)8-4(5)7/h2-3H,1H3,(H2,5,7). The van der Waals surface area contributed by atoms with Crippen LogP contribution in [0, 0.1) is 0 Å². The van der Waals surface area contributed by atoms with Crippen molar-refractivity contribution in [3.05, 3.63) is 0 Å². The van der Waals surface area contributed by atoms with Crippen molar-refractivity contribution in [2.24, 2.45) is 5.73 Å². The van der Waals surface area contributed by atoms with Crippen LogP contribution in [0.15, 0.2) is 0 Å². The van der Waals surface area contributed by atoms with Gasteiger partial charge < -0.3 is 10.5 Å². The van der Waals surface area contributed by atoms with Crippen molar-refractivity contribution in [2.75, 3.05) is 0 Å². The fraction of sp³-hybridized carbons (Fsp3) is 0.500. The molecule has 1 amide bonds. The van der Waals surface area contributed by atoms with Gasteiger partial charge in [0.05, 0.1) is 5.25 Å². The predicted octanol–water partition coefficient (Wildman–Crippen LogP) is 0.386. The van der Waals surface area contributed by atoms with Gasteiger partial charge in [0.1, 0.15) is 6.29 Å². The molecule has 46 valence electrons. The Kier molecular flexibility index (Phi) is 3.26. The lowest BCUT2D eigenvalue weighted by Crippen LogP contribution is -2.09.